The van der Waals surface area contributed by atoms with Crippen LogP contribution in [0.1, 0.15) is 5.56 Å². The van der Waals surface area contributed by atoms with Crippen LogP contribution < -0.4 is 15.2 Å². The molecule has 0 bridgehead atoms. The van der Waals surface area contributed by atoms with E-state index in [0.717, 1.165) is 5.01 Å². The highest BCUT2D eigenvalue weighted by Gasteiger charge is 2.34. The zero-order chi connectivity index (χ0) is 16.4. The molecule has 0 radical (unpaired) electrons. The lowest BCUT2D eigenvalue weighted by molar-refractivity contribution is -0.117. The number of amides is 2. The molecule has 2 aromatic carbocycles. The van der Waals surface area contributed by atoms with E-state index in [1.165, 1.54) is 30.3 Å². The van der Waals surface area contributed by atoms with Gasteiger partial charge in [-0.15, -0.1) is 0 Å². The standard InChI is InChI=1S/C17H13FN2O3/c1-23-14-8-2-11(3-9-14)10-15-16(21)19-20(17(15)22)13-6-4-12(18)5-7-13/h2-10H,1H3,(H,19,21)/b15-10-. The Morgan fingerprint density at radius 1 is 1.04 bits per heavy atom. The number of hydrogen-bond acceptors (Lipinski definition) is 3. The predicted octanol–water partition coefficient (Wildman–Crippen LogP) is 2.30. The Balaban J connectivity index is 1.88. The molecule has 0 aliphatic carbocycles. The van der Waals surface area contributed by atoms with Gasteiger partial charge in [-0.25, -0.2) is 9.40 Å². The fourth-order valence-corrected chi connectivity index (χ4v) is 2.20. The van der Waals surface area contributed by atoms with Crippen molar-refractivity contribution >= 4 is 23.6 Å². The Kier molecular flexibility index (Phi) is 3.80. The molecule has 1 aliphatic rings. The summed E-state index contributed by atoms with van der Waals surface area (Å²) in [6.45, 7) is 0. The maximum absolute atomic E-state index is 13.0. The first-order valence-corrected chi connectivity index (χ1v) is 6.85. The number of ether oxygens (including phenoxy) is 1. The van der Waals surface area contributed by atoms with E-state index in [9.17, 15) is 14.0 Å². The predicted molar refractivity (Wildman–Crippen MR) is 83.0 cm³/mol. The van der Waals surface area contributed by atoms with Crippen LogP contribution in [-0.2, 0) is 9.59 Å². The quantitative estimate of drug-likeness (QED) is 0.699. The van der Waals surface area contributed by atoms with E-state index in [1.54, 1.807) is 31.4 Å². The lowest BCUT2D eigenvalue weighted by Crippen LogP contribution is -2.35. The summed E-state index contributed by atoms with van der Waals surface area (Å²) < 4.78 is 18.0. The van der Waals surface area contributed by atoms with Gasteiger partial charge in [-0.1, -0.05) is 12.1 Å². The minimum absolute atomic E-state index is 0.0134. The topological polar surface area (TPSA) is 58.6 Å². The van der Waals surface area contributed by atoms with Crippen molar-refractivity contribution in [3.05, 3.63) is 65.5 Å². The van der Waals surface area contributed by atoms with Crippen LogP contribution in [0.15, 0.2) is 54.1 Å². The molecule has 2 aromatic rings. The number of hydrazine groups is 1. The second kappa shape index (κ2) is 5.92. The SMILES string of the molecule is COc1ccc(/C=C2/C(=O)NN(c3ccc(F)cc3)C2=O)cc1. The number of carbonyl (C=O) groups excluding carboxylic acids is 2. The summed E-state index contributed by atoms with van der Waals surface area (Å²) >= 11 is 0. The van der Waals surface area contributed by atoms with Crippen LogP contribution >= 0.6 is 0 Å². The molecule has 116 valence electrons. The van der Waals surface area contributed by atoms with Crippen molar-refractivity contribution in [1.82, 2.24) is 5.43 Å². The molecule has 1 fully saturated rings. The Labute approximate surface area is 131 Å². The van der Waals surface area contributed by atoms with Gasteiger partial charge in [0, 0.05) is 0 Å². The summed E-state index contributed by atoms with van der Waals surface area (Å²) in [5, 5.41) is 1.09. The molecular formula is C17H13FN2O3. The third-order valence-corrected chi connectivity index (χ3v) is 3.40. The maximum atomic E-state index is 13.0. The summed E-state index contributed by atoms with van der Waals surface area (Å²) in [5.74, 6) is -0.726. The van der Waals surface area contributed by atoms with Gasteiger partial charge in [0.2, 0.25) is 0 Å². The summed E-state index contributed by atoms with van der Waals surface area (Å²) in [5.41, 5.74) is 3.57. The smallest absolute Gasteiger partial charge is 0.282 e. The van der Waals surface area contributed by atoms with E-state index in [4.69, 9.17) is 4.74 Å². The number of nitrogens with zero attached hydrogens (tertiary/aromatic N) is 1. The molecule has 2 amide bonds. The lowest BCUT2D eigenvalue weighted by Gasteiger charge is -2.14. The van der Waals surface area contributed by atoms with Crippen molar-refractivity contribution < 1.29 is 18.7 Å². The molecule has 0 saturated carbocycles. The highest BCUT2D eigenvalue weighted by molar-refractivity contribution is 6.31. The second-order valence-electron chi connectivity index (χ2n) is 4.89. The van der Waals surface area contributed by atoms with Gasteiger partial charge in [0.15, 0.2) is 0 Å². The van der Waals surface area contributed by atoms with Crippen molar-refractivity contribution in [3.63, 3.8) is 0 Å². The molecule has 1 heterocycles. The number of benzene rings is 2. The monoisotopic (exact) mass is 312 g/mol. The zero-order valence-corrected chi connectivity index (χ0v) is 12.2. The van der Waals surface area contributed by atoms with E-state index in [2.05, 4.69) is 5.43 Å². The number of rotatable bonds is 3. The summed E-state index contributed by atoms with van der Waals surface area (Å²) in [6, 6.07) is 12.2. The van der Waals surface area contributed by atoms with Crippen LogP contribution in [0.2, 0.25) is 0 Å². The average molecular weight is 312 g/mol. The zero-order valence-electron chi connectivity index (χ0n) is 12.2. The summed E-state index contributed by atoms with van der Waals surface area (Å²) in [7, 11) is 1.56. The van der Waals surface area contributed by atoms with Crippen LogP contribution in [0, 0.1) is 5.82 Å². The molecule has 23 heavy (non-hydrogen) atoms. The van der Waals surface area contributed by atoms with Crippen LogP contribution in [-0.4, -0.2) is 18.9 Å². The third-order valence-electron chi connectivity index (χ3n) is 3.40. The molecule has 1 aliphatic heterocycles. The Morgan fingerprint density at radius 3 is 2.30 bits per heavy atom. The number of nitrogens with one attached hydrogen (secondary N) is 1. The molecule has 6 heteroatoms. The molecule has 1 N–H and O–H groups in total. The fourth-order valence-electron chi connectivity index (χ4n) is 2.20. The highest BCUT2D eigenvalue weighted by Crippen LogP contribution is 2.22. The van der Waals surface area contributed by atoms with Gasteiger partial charge in [0.05, 0.1) is 12.8 Å². The average Bonchev–Trinajstić information content (AvgIpc) is 2.84. The third kappa shape index (κ3) is 2.91. The van der Waals surface area contributed by atoms with Crippen molar-refractivity contribution in [1.29, 1.82) is 0 Å². The number of halogens is 1. The Bertz CT molecular complexity index is 782. The van der Waals surface area contributed by atoms with E-state index >= 15 is 0 Å². The minimum atomic E-state index is -0.504. The van der Waals surface area contributed by atoms with Crippen molar-refractivity contribution in [2.24, 2.45) is 0 Å². The summed E-state index contributed by atoms with van der Waals surface area (Å²) in [4.78, 5) is 24.4. The van der Waals surface area contributed by atoms with Crippen molar-refractivity contribution in [2.45, 2.75) is 0 Å². The Morgan fingerprint density at radius 2 is 1.70 bits per heavy atom. The molecular weight excluding hydrogens is 299 g/mol. The molecule has 5 nitrogen and oxygen atoms in total. The minimum Gasteiger partial charge on any atom is -0.497 e. The first-order valence-electron chi connectivity index (χ1n) is 6.85. The first kappa shape index (κ1) is 14.8. The van der Waals surface area contributed by atoms with Gasteiger partial charge in [0.25, 0.3) is 11.8 Å². The fraction of sp³-hybridized carbons (Fsp3) is 0.0588. The molecule has 0 unspecified atom stereocenters. The van der Waals surface area contributed by atoms with Crippen LogP contribution in [0.25, 0.3) is 6.08 Å². The van der Waals surface area contributed by atoms with Gasteiger partial charge in [-0.3, -0.25) is 15.0 Å². The van der Waals surface area contributed by atoms with Crippen LogP contribution in [0.3, 0.4) is 0 Å². The first-order chi connectivity index (χ1) is 11.1. The molecule has 0 spiro atoms. The van der Waals surface area contributed by atoms with Crippen molar-refractivity contribution in [3.8, 4) is 5.75 Å². The largest absolute Gasteiger partial charge is 0.497 e. The lowest BCUT2D eigenvalue weighted by atomic mass is 10.1. The van der Waals surface area contributed by atoms with Gasteiger partial charge in [-0.05, 0) is 48.0 Å². The van der Waals surface area contributed by atoms with E-state index in [0.29, 0.717) is 17.0 Å². The Hall–Kier alpha value is -3.15. The van der Waals surface area contributed by atoms with Gasteiger partial charge in [0.1, 0.15) is 17.1 Å². The molecule has 1 saturated heterocycles. The molecule has 3 rings (SSSR count). The molecule has 0 aromatic heterocycles. The van der Waals surface area contributed by atoms with Gasteiger partial charge >= 0.3 is 0 Å². The van der Waals surface area contributed by atoms with E-state index in [1.807, 2.05) is 0 Å². The van der Waals surface area contributed by atoms with Gasteiger partial charge < -0.3 is 4.74 Å². The van der Waals surface area contributed by atoms with E-state index < -0.39 is 17.6 Å². The highest BCUT2D eigenvalue weighted by atomic mass is 19.1. The normalized spacial score (nSPS) is 15.9. The van der Waals surface area contributed by atoms with Crippen LogP contribution in [0.5, 0.6) is 5.75 Å². The van der Waals surface area contributed by atoms with Crippen molar-refractivity contribution in [2.75, 3.05) is 12.1 Å². The number of methoxy groups -OCH3 is 1. The van der Waals surface area contributed by atoms with Gasteiger partial charge in [-0.2, -0.15) is 0 Å². The maximum Gasteiger partial charge on any atom is 0.282 e. The second-order valence-corrected chi connectivity index (χ2v) is 4.89. The number of carbonyl (C=O) groups is 2. The number of anilines is 1. The number of hydrogen-bond donors (Lipinski definition) is 1. The van der Waals surface area contributed by atoms with E-state index in [-0.39, 0.29) is 5.57 Å². The molecule has 0 atom stereocenters. The summed E-state index contributed by atoms with van der Waals surface area (Å²) in [6.07, 6.45) is 1.50. The van der Waals surface area contributed by atoms with Crippen LogP contribution in [0.4, 0.5) is 10.1 Å².